The second kappa shape index (κ2) is 10.7. The van der Waals surface area contributed by atoms with Crippen molar-refractivity contribution in [3.8, 4) is 16.9 Å². The first-order chi connectivity index (χ1) is 16.1. The molecule has 180 valence electrons. The van der Waals surface area contributed by atoms with Crippen molar-refractivity contribution in [1.82, 2.24) is 0 Å². The SMILES string of the molecule is CCOc1cccc(-c2cccc(N(CC(=O)OC(C)(C)C)C(O)c3c(F)cccc3F)c2)c1. The highest BCUT2D eigenvalue weighted by atomic mass is 19.1. The summed E-state index contributed by atoms with van der Waals surface area (Å²) in [5.74, 6) is -1.78. The van der Waals surface area contributed by atoms with Crippen LogP contribution in [0, 0.1) is 11.6 Å². The Morgan fingerprint density at radius 2 is 1.56 bits per heavy atom. The van der Waals surface area contributed by atoms with Crippen molar-refractivity contribution in [2.24, 2.45) is 0 Å². The molecule has 0 heterocycles. The van der Waals surface area contributed by atoms with Gasteiger partial charge in [0.15, 0.2) is 6.23 Å². The highest BCUT2D eigenvalue weighted by molar-refractivity contribution is 5.78. The van der Waals surface area contributed by atoms with Crippen LogP contribution in [-0.2, 0) is 9.53 Å². The fourth-order valence-corrected chi connectivity index (χ4v) is 3.54. The van der Waals surface area contributed by atoms with Gasteiger partial charge in [0.05, 0.1) is 12.2 Å². The lowest BCUT2D eigenvalue weighted by atomic mass is 10.0. The Labute approximate surface area is 198 Å². The average molecular weight is 470 g/mol. The van der Waals surface area contributed by atoms with E-state index in [2.05, 4.69) is 0 Å². The van der Waals surface area contributed by atoms with Gasteiger partial charge in [0.1, 0.15) is 29.5 Å². The molecule has 5 nitrogen and oxygen atoms in total. The van der Waals surface area contributed by atoms with Crippen LogP contribution in [0.4, 0.5) is 14.5 Å². The number of benzene rings is 3. The summed E-state index contributed by atoms with van der Waals surface area (Å²) in [4.78, 5) is 13.9. The Kier molecular flexibility index (Phi) is 7.89. The van der Waals surface area contributed by atoms with Crippen LogP contribution in [0.25, 0.3) is 11.1 Å². The van der Waals surface area contributed by atoms with E-state index in [9.17, 15) is 18.7 Å². The van der Waals surface area contributed by atoms with Crippen LogP contribution in [0.5, 0.6) is 5.75 Å². The van der Waals surface area contributed by atoms with Gasteiger partial charge in [-0.15, -0.1) is 0 Å². The first-order valence-corrected chi connectivity index (χ1v) is 11.0. The number of carbonyl (C=O) groups is 1. The van der Waals surface area contributed by atoms with E-state index in [0.717, 1.165) is 23.3 Å². The van der Waals surface area contributed by atoms with Gasteiger partial charge < -0.3 is 19.5 Å². The number of halogens is 2. The van der Waals surface area contributed by atoms with Gasteiger partial charge in [-0.1, -0.05) is 30.3 Å². The number of ether oxygens (including phenoxy) is 2. The van der Waals surface area contributed by atoms with E-state index in [4.69, 9.17) is 9.47 Å². The van der Waals surface area contributed by atoms with Gasteiger partial charge in [-0.05, 0) is 75.2 Å². The quantitative estimate of drug-likeness (QED) is 0.330. The molecule has 34 heavy (non-hydrogen) atoms. The number of esters is 1. The minimum absolute atomic E-state index is 0.389. The molecule has 0 aliphatic heterocycles. The summed E-state index contributed by atoms with van der Waals surface area (Å²) in [5.41, 5.74) is 0.694. The molecule has 0 amide bonds. The van der Waals surface area contributed by atoms with Crippen molar-refractivity contribution in [2.45, 2.75) is 39.5 Å². The lowest BCUT2D eigenvalue weighted by Gasteiger charge is -2.31. The summed E-state index contributed by atoms with van der Waals surface area (Å²) in [6.07, 6.45) is -1.77. The van der Waals surface area contributed by atoms with Crippen LogP contribution in [0.3, 0.4) is 0 Å². The van der Waals surface area contributed by atoms with Crippen LogP contribution in [0.15, 0.2) is 66.7 Å². The number of aliphatic hydroxyl groups excluding tert-OH is 1. The molecule has 0 saturated heterocycles. The second-order valence-electron chi connectivity index (χ2n) is 8.73. The third kappa shape index (κ3) is 6.32. The fourth-order valence-electron chi connectivity index (χ4n) is 3.54. The number of anilines is 1. The van der Waals surface area contributed by atoms with Crippen LogP contribution >= 0.6 is 0 Å². The van der Waals surface area contributed by atoms with E-state index in [1.807, 2.05) is 37.3 Å². The van der Waals surface area contributed by atoms with E-state index in [1.54, 1.807) is 39.0 Å². The summed E-state index contributed by atoms with van der Waals surface area (Å²) >= 11 is 0. The first kappa shape index (κ1) is 25.2. The smallest absolute Gasteiger partial charge is 0.326 e. The van der Waals surface area contributed by atoms with Crippen molar-refractivity contribution in [3.63, 3.8) is 0 Å². The third-order valence-corrected chi connectivity index (χ3v) is 4.93. The van der Waals surface area contributed by atoms with Crippen LogP contribution < -0.4 is 9.64 Å². The largest absolute Gasteiger partial charge is 0.494 e. The zero-order chi connectivity index (χ0) is 24.9. The van der Waals surface area contributed by atoms with Gasteiger partial charge in [0, 0.05) is 5.69 Å². The molecule has 0 saturated carbocycles. The van der Waals surface area contributed by atoms with Crippen molar-refractivity contribution < 1.29 is 28.2 Å². The number of rotatable bonds is 8. The predicted molar refractivity (Wildman–Crippen MR) is 128 cm³/mol. The topological polar surface area (TPSA) is 59.0 Å². The van der Waals surface area contributed by atoms with E-state index >= 15 is 0 Å². The van der Waals surface area contributed by atoms with Gasteiger partial charge in [-0.25, -0.2) is 8.78 Å². The van der Waals surface area contributed by atoms with Crippen LogP contribution in [0.2, 0.25) is 0 Å². The highest BCUT2D eigenvalue weighted by Crippen LogP contribution is 2.32. The van der Waals surface area contributed by atoms with Gasteiger partial charge in [-0.2, -0.15) is 0 Å². The predicted octanol–water partition coefficient (Wildman–Crippen LogP) is 5.87. The molecule has 0 bridgehead atoms. The molecule has 7 heteroatoms. The monoisotopic (exact) mass is 469 g/mol. The number of nitrogens with zero attached hydrogens (tertiary/aromatic N) is 1. The molecule has 0 aromatic heterocycles. The van der Waals surface area contributed by atoms with E-state index in [1.165, 1.54) is 11.0 Å². The molecular weight excluding hydrogens is 440 g/mol. The van der Waals surface area contributed by atoms with Crippen molar-refractivity contribution >= 4 is 11.7 Å². The van der Waals surface area contributed by atoms with E-state index in [0.29, 0.717) is 18.0 Å². The van der Waals surface area contributed by atoms with Crippen molar-refractivity contribution in [3.05, 3.63) is 83.9 Å². The van der Waals surface area contributed by atoms with Gasteiger partial charge in [0.2, 0.25) is 0 Å². The van der Waals surface area contributed by atoms with Crippen LogP contribution in [0.1, 0.15) is 39.5 Å². The van der Waals surface area contributed by atoms with Crippen LogP contribution in [-0.4, -0.2) is 29.8 Å². The Morgan fingerprint density at radius 1 is 0.971 bits per heavy atom. The molecular formula is C27H29F2NO4. The van der Waals surface area contributed by atoms with Crippen molar-refractivity contribution in [2.75, 3.05) is 18.1 Å². The molecule has 1 atom stereocenters. The molecule has 0 spiro atoms. The minimum Gasteiger partial charge on any atom is -0.494 e. The summed E-state index contributed by atoms with van der Waals surface area (Å²) in [6.45, 7) is 7.14. The molecule has 0 fully saturated rings. The van der Waals surface area contributed by atoms with Gasteiger partial charge >= 0.3 is 5.97 Å². The maximum Gasteiger partial charge on any atom is 0.326 e. The van der Waals surface area contributed by atoms with E-state index in [-0.39, 0.29) is 0 Å². The molecule has 0 radical (unpaired) electrons. The second-order valence-corrected chi connectivity index (χ2v) is 8.73. The first-order valence-electron chi connectivity index (χ1n) is 11.0. The Balaban J connectivity index is 2.03. The average Bonchev–Trinajstić information content (AvgIpc) is 2.76. The normalized spacial score (nSPS) is 12.2. The number of aliphatic hydroxyl groups is 1. The van der Waals surface area contributed by atoms with Gasteiger partial charge in [0.25, 0.3) is 0 Å². The molecule has 1 unspecified atom stereocenters. The maximum atomic E-state index is 14.5. The molecule has 1 N–H and O–H groups in total. The molecule has 3 aromatic carbocycles. The fraction of sp³-hybridized carbons (Fsp3) is 0.296. The van der Waals surface area contributed by atoms with Gasteiger partial charge in [-0.3, -0.25) is 4.79 Å². The zero-order valence-electron chi connectivity index (χ0n) is 19.7. The lowest BCUT2D eigenvalue weighted by molar-refractivity contribution is -0.153. The minimum atomic E-state index is -1.77. The molecule has 3 rings (SSSR count). The summed E-state index contributed by atoms with van der Waals surface area (Å²) in [7, 11) is 0. The maximum absolute atomic E-state index is 14.5. The zero-order valence-corrected chi connectivity index (χ0v) is 19.7. The highest BCUT2D eigenvalue weighted by Gasteiger charge is 2.28. The number of carbonyl (C=O) groups excluding carboxylic acids is 1. The standard InChI is InChI=1S/C27H29F2NO4/c1-5-33-21-12-7-10-19(16-21)18-9-6-11-20(15-18)30(17-24(31)34-27(2,3)4)26(32)25-22(28)13-8-14-23(25)29/h6-16,26,32H,5,17H2,1-4H3. The Hall–Kier alpha value is -3.45. The third-order valence-electron chi connectivity index (χ3n) is 4.93. The van der Waals surface area contributed by atoms with E-state index < -0.39 is 41.5 Å². The molecule has 3 aromatic rings. The number of hydrogen-bond donors (Lipinski definition) is 1. The molecule has 0 aliphatic carbocycles. The van der Waals surface area contributed by atoms with Crippen molar-refractivity contribution in [1.29, 1.82) is 0 Å². The number of hydrogen-bond acceptors (Lipinski definition) is 5. The lowest BCUT2D eigenvalue weighted by Crippen LogP contribution is -2.38. The summed E-state index contributed by atoms with van der Waals surface area (Å²) < 4.78 is 40.0. The Morgan fingerprint density at radius 3 is 2.18 bits per heavy atom. The Bertz CT molecular complexity index is 1120. The molecule has 0 aliphatic rings. The summed E-state index contributed by atoms with van der Waals surface area (Å²) in [6, 6.07) is 17.8. The summed E-state index contributed by atoms with van der Waals surface area (Å²) in [5, 5.41) is 11.0.